The van der Waals surface area contributed by atoms with Crippen molar-refractivity contribution in [3.05, 3.63) is 63.3 Å². The molecule has 1 aliphatic rings. The molecule has 0 fully saturated rings. The molecule has 1 aliphatic heterocycles. The van der Waals surface area contributed by atoms with Crippen LogP contribution >= 0.6 is 23.2 Å². The number of aromatic nitrogens is 1. The molecule has 9 heteroatoms. The highest BCUT2D eigenvalue weighted by atomic mass is 35.5. The summed E-state index contributed by atoms with van der Waals surface area (Å²) in [4.78, 5) is 27.0. The first-order chi connectivity index (χ1) is 15.9. The van der Waals surface area contributed by atoms with E-state index in [2.05, 4.69) is 39.7 Å². The van der Waals surface area contributed by atoms with E-state index in [0.717, 1.165) is 30.1 Å². The van der Waals surface area contributed by atoms with Crippen LogP contribution in [0.1, 0.15) is 30.7 Å². The van der Waals surface area contributed by atoms with Gasteiger partial charge in [-0.2, -0.15) is 0 Å². The minimum absolute atomic E-state index is 0.104. The highest BCUT2D eigenvalue weighted by Crippen LogP contribution is 2.29. The van der Waals surface area contributed by atoms with Gasteiger partial charge in [-0.3, -0.25) is 9.59 Å². The second-order valence-corrected chi connectivity index (χ2v) is 8.17. The van der Waals surface area contributed by atoms with Gasteiger partial charge in [0.15, 0.2) is 0 Å². The molecule has 3 aromatic rings. The third-order valence-electron chi connectivity index (χ3n) is 5.01. The molecule has 0 radical (unpaired) electrons. The number of nitrogens with one attached hydrogen (secondary N) is 3. The summed E-state index contributed by atoms with van der Waals surface area (Å²) >= 11 is 11.9. The molecule has 5 N–H and O–H groups in total. The number of nitrogens with zero attached hydrogens (tertiary/aromatic N) is 1. The Balaban J connectivity index is 0.000000217. The van der Waals surface area contributed by atoms with Gasteiger partial charge in [-0.25, -0.2) is 0 Å². The van der Waals surface area contributed by atoms with Crippen molar-refractivity contribution in [2.24, 2.45) is 5.73 Å². The van der Waals surface area contributed by atoms with Crippen molar-refractivity contribution in [1.29, 1.82) is 0 Å². The fraction of sp³-hybridized carbons (Fsp3) is 0.333. The van der Waals surface area contributed by atoms with Gasteiger partial charge < -0.3 is 26.3 Å². The number of aromatic amines is 1. The monoisotopic (exact) mass is 491 g/mol. The lowest BCUT2D eigenvalue weighted by Crippen LogP contribution is -2.26. The first-order valence-corrected chi connectivity index (χ1v) is 11.6. The Hall–Kier alpha value is -2.58. The largest absolute Gasteiger partial charge is 0.357 e. The standard InChI is InChI=1S/C12H13ClN2.C10H12ClN3O2.C2H6/c1-15-5-4-9-10-6-8(13)2-3-11(10)14-12(9)7-15;11-8-2-1-7(5-13-6-15)3-9(8)14-10(16)4-12;1-2/h2-3,6,14H,4-5,7H2,1H3;1-3,6H,4-5,12H2,(H,13,15)(H,14,16);1-2H3. The van der Waals surface area contributed by atoms with Crippen LogP contribution in [0.2, 0.25) is 10.0 Å². The Morgan fingerprint density at radius 2 is 1.97 bits per heavy atom. The summed E-state index contributed by atoms with van der Waals surface area (Å²) in [6.45, 7) is 6.42. The Morgan fingerprint density at radius 3 is 2.67 bits per heavy atom. The molecule has 0 bridgehead atoms. The van der Waals surface area contributed by atoms with Crippen molar-refractivity contribution in [2.75, 3.05) is 25.5 Å². The summed E-state index contributed by atoms with van der Waals surface area (Å²) < 4.78 is 0. The molecule has 4 rings (SSSR count). The van der Waals surface area contributed by atoms with Crippen LogP contribution in [0.4, 0.5) is 5.69 Å². The lowest BCUT2D eigenvalue weighted by Gasteiger charge is -2.22. The molecule has 0 unspecified atom stereocenters. The van der Waals surface area contributed by atoms with Crippen LogP contribution in [0, 0.1) is 0 Å². The summed E-state index contributed by atoms with van der Waals surface area (Å²) in [6, 6.07) is 11.2. The number of likely N-dealkylation sites (N-methyl/N-ethyl adjacent to an activating group) is 1. The molecule has 7 nitrogen and oxygen atoms in total. The maximum Gasteiger partial charge on any atom is 0.238 e. The van der Waals surface area contributed by atoms with Crippen LogP contribution in [0.15, 0.2) is 36.4 Å². The Labute approximate surface area is 204 Å². The minimum Gasteiger partial charge on any atom is -0.357 e. The fourth-order valence-electron chi connectivity index (χ4n) is 3.49. The predicted molar refractivity (Wildman–Crippen MR) is 137 cm³/mol. The zero-order chi connectivity index (χ0) is 24.4. The van der Waals surface area contributed by atoms with Gasteiger partial charge in [0.2, 0.25) is 12.3 Å². The molecule has 0 spiro atoms. The number of anilines is 1. The first-order valence-electron chi connectivity index (χ1n) is 10.8. The second kappa shape index (κ2) is 13.2. The quantitative estimate of drug-likeness (QED) is 0.399. The van der Waals surface area contributed by atoms with E-state index in [0.29, 0.717) is 23.7 Å². The van der Waals surface area contributed by atoms with Gasteiger partial charge in [0.05, 0.1) is 17.3 Å². The molecule has 178 valence electrons. The maximum atomic E-state index is 11.1. The molecule has 0 saturated heterocycles. The van der Waals surface area contributed by atoms with Crippen molar-refractivity contribution in [3.8, 4) is 0 Å². The van der Waals surface area contributed by atoms with Crippen molar-refractivity contribution < 1.29 is 9.59 Å². The molecule has 0 aliphatic carbocycles. The lowest BCUT2D eigenvalue weighted by atomic mass is 10.0. The zero-order valence-electron chi connectivity index (χ0n) is 19.2. The summed E-state index contributed by atoms with van der Waals surface area (Å²) in [5.41, 5.74) is 10.5. The number of carbonyl (C=O) groups is 2. The second-order valence-electron chi connectivity index (χ2n) is 7.33. The summed E-state index contributed by atoms with van der Waals surface area (Å²) in [5, 5.41) is 7.63. The number of halogens is 2. The average Bonchev–Trinajstić information content (AvgIpc) is 3.17. The molecule has 2 heterocycles. The van der Waals surface area contributed by atoms with Gasteiger partial charge in [-0.05, 0) is 54.9 Å². The Kier molecular flexibility index (Phi) is 10.7. The van der Waals surface area contributed by atoms with Gasteiger partial charge in [0.1, 0.15) is 0 Å². The van der Waals surface area contributed by atoms with Gasteiger partial charge in [0, 0.05) is 41.3 Å². The van der Waals surface area contributed by atoms with Crippen LogP contribution in [0.25, 0.3) is 10.9 Å². The molecule has 0 saturated carbocycles. The van der Waals surface area contributed by atoms with Crippen molar-refractivity contribution in [2.45, 2.75) is 33.4 Å². The average molecular weight is 492 g/mol. The third kappa shape index (κ3) is 7.47. The van der Waals surface area contributed by atoms with Gasteiger partial charge in [-0.1, -0.05) is 43.1 Å². The molecular formula is C24H31Cl2N5O2. The van der Waals surface area contributed by atoms with Crippen molar-refractivity contribution >= 4 is 52.1 Å². The number of amides is 2. The minimum atomic E-state index is -0.317. The summed E-state index contributed by atoms with van der Waals surface area (Å²) in [7, 11) is 2.15. The normalized spacial score (nSPS) is 12.5. The van der Waals surface area contributed by atoms with Gasteiger partial charge in [-0.15, -0.1) is 0 Å². The number of nitrogens with two attached hydrogens (primary N) is 1. The van der Waals surface area contributed by atoms with E-state index < -0.39 is 0 Å². The third-order valence-corrected chi connectivity index (χ3v) is 5.57. The smallest absolute Gasteiger partial charge is 0.238 e. The van der Waals surface area contributed by atoms with Crippen molar-refractivity contribution in [1.82, 2.24) is 15.2 Å². The van der Waals surface area contributed by atoms with E-state index in [9.17, 15) is 9.59 Å². The molecule has 1 aromatic heterocycles. The highest BCUT2D eigenvalue weighted by Gasteiger charge is 2.17. The molecular weight excluding hydrogens is 461 g/mol. The number of H-pyrrole nitrogens is 1. The van der Waals surface area contributed by atoms with Crippen LogP contribution < -0.4 is 16.4 Å². The summed E-state index contributed by atoms with van der Waals surface area (Å²) in [6.07, 6.45) is 1.72. The predicted octanol–water partition coefficient (Wildman–Crippen LogP) is 4.32. The maximum absolute atomic E-state index is 11.1. The Morgan fingerprint density at radius 1 is 1.21 bits per heavy atom. The summed E-state index contributed by atoms with van der Waals surface area (Å²) in [5.74, 6) is -0.317. The van der Waals surface area contributed by atoms with Crippen LogP contribution in [-0.2, 0) is 29.1 Å². The van der Waals surface area contributed by atoms with E-state index in [4.69, 9.17) is 28.9 Å². The van der Waals surface area contributed by atoms with E-state index in [-0.39, 0.29) is 12.5 Å². The highest BCUT2D eigenvalue weighted by molar-refractivity contribution is 6.33. The molecule has 0 atom stereocenters. The van der Waals surface area contributed by atoms with E-state index >= 15 is 0 Å². The Bertz CT molecular complexity index is 1080. The lowest BCUT2D eigenvalue weighted by molar-refractivity contribution is -0.115. The van der Waals surface area contributed by atoms with Crippen LogP contribution in [0.3, 0.4) is 0 Å². The van der Waals surface area contributed by atoms with Crippen LogP contribution in [0.5, 0.6) is 0 Å². The van der Waals surface area contributed by atoms with Gasteiger partial charge in [0.25, 0.3) is 0 Å². The number of rotatable bonds is 5. The number of hydrogen-bond donors (Lipinski definition) is 4. The topological polar surface area (TPSA) is 103 Å². The van der Waals surface area contributed by atoms with E-state index in [1.54, 1.807) is 18.2 Å². The van der Waals surface area contributed by atoms with E-state index in [1.165, 1.54) is 22.2 Å². The zero-order valence-corrected chi connectivity index (χ0v) is 20.7. The fourth-order valence-corrected chi connectivity index (χ4v) is 3.82. The first kappa shape index (κ1) is 26.7. The molecule has 2 aromatic carbocycles. The number of benzene rings is 2. The van der Waals surface area contributed by atoms with E-state index in [1.807, 2.05) is 19.9 Å². The number of hydrogen-bond acceptors (Lipinski definition) is 4. The molecule has 33 heavy (non-hydrogen) atoms. The van der Waals surface area contributed by atoms with Crippen molar-refractivity contribution in [3.63, 3.8) is 0 Å². The number of carbonyl (C=O) groups excluding carboxylic acids is 2. The molecule has 2 amide bonds. The van der Waals surface area contributed by atoms with Gasteiger partial charge >= 0.3 is 0 Å². The number of fused-ring (bicyclic) bond motifs is 3. The van der Waals surface area contributed by atoms with Crippen LogP contribution in [-0.4, -0.2) is 42.3 Å². The SMILES string of the molecule is CC.CN1CCc2c([nH]c3ccc(Cl)cc23)C1.NCC(=O)Nc1cc(CNC=O)ccc1Cl.